The van der Waals surface area contributed by atoms with Gasteiger partial charge in [-0.2, -0.15) is 10.2 Å². The number of benzene rings is 1. The SMILES string of the molecule is C=C(C#N)/C=C(\C=C/N)Oc1cccc(Nc2cc(Cl)nc(N)n2)c1. The number of nitriles is 1. The molecule has 0 aliphatic rings. The van der Waals surface area contributed by atoms with E-state index in [1.807, 2.05) is 12.1 Å². The minimum atomic E-state index is 0.0655. The molecule has 25 heavy (non-hydrogen) atoms. The number of halogens is 1. The van der Waals surface area contributed by atoms with Gasteiger partial charge in [-0.3, -0.25) is 0 Å². The number of allylic oxidation sites excluding steroid dienone is 3. The van der Waals surface area contributed by atoms with Crippen molar-refractivity contribution in [3.05, 3.63) is 71.7 Å². The zero-order valence-corrected chi connectivity index (χ0v) is 13.9. The molecular weight excluding hydrogens is 340 g/mol. The highest BCUT2D eigenvalue weighted by Crippen LogP contribution is 2.24. The third kappa shape index (κ3) is 5.57. The number of aromatic nitrogens is 2. The summed E-state index contributed by atoms with van der Waals surface area (Å²) in [6.07, 6.45) is 4.31. The van der Waals surface area contributed by atoms with Gasteiger partial charge in [0.25, 0.3) is 0 Å². The largest absolute Gasteiger partial charge is 0.457 e. The number of anilines is 3. The molecule has 0 aliphatic heterocycles. The Bertz CT molecular complexity index is 865. The van der Waals surface area contributed by atoms with Gasteiger partial charge in [0, 0.05) is 23.4 Å². The first kappa shape index (κ1) is 17.8. The van der Waals surface area contributed by atoms with Crippen molar-refractivity contribution in [2.75, 3.05) is 11.1 Å². The maximum Gasteiger partial charge on any atom is 0.223 e. The van der Waals surface area contributed by atoms with Gasteiger partial charge < -0.3 is 21.5 Å². The maximum absolute atomic E-state index is 8.82. The molecule has 0 fully saturated rings. The lowest BCUT2D eigenvalue weighted by Crippen LogP contribution is -2.00. The Kier molecular flexibility index (Phi) is 5.98. The minimum absolute atomic E-state index is 0.0655. The van der Waals surface area contributed by atoms with Gasteiger partial charge in [0.1, 0.15) is 22.5 Å². The lowest BCUT2D eigenvalue weighted by molar-refractivity contribution is 0.444. The van der Waals surface area contributed by atoms with Crippen molar-refractivity contribution in [1.29, 1.82) is 5.26 Å². The molecule has 1 aromatic heterocycles. The van der Waals surface area contributed by atoms with Crippen molar-refractivity contribution in [2.45, 2.75) is 0 Å². The highest BCUT2D eigenvalue weighted by molar-refractivity contribution is 6.29. The summed E-state index contributed by atoms with van der Waals surface area (Å²) in [6.45, 7) is 3.58. The van der Waals surface area contributed by atoms with E-state index < -0.39 is 0 Å². The first-order valence-corrected chi connectivity index (χ1v) is 7.42. The Labute approximate surface area is 149 Å². The van der Waals surface area contributed by atoms with E-state index in [0.29, 0.717) is 23.0 Å². The maximum atomic E-state index is 8.82. The Balaban J connectivity index is 2.21. The number of nitrogens with two attached hydrogens (primary N) is 2. The molecule has 0 amide bonds. The van der Waals surface area contributed by atoms with E-state index in [1.54, 1.807) is 24.3 Å². The van der Waals surface area contributed by atoms with Crippen molar-refractivity contribution in [1.82, 2.24) is 9.97 Å². The van der Waals surface area contributed by atoms with Gasteiger partial charge in [0.2, 0.25) is 5.95 Å². The number of ether oxygens (including phenoxy) is 1. The lowest BCUT2D eigenvalue weighted by atomic mass is 10.2. The van der Waals surface area contributed by atoms with Gasteiger partial charge in [-0.05, 0) is 30.5 Å². The van der Waals surface area contributed by atoms with Crippen LogP contribution in [-0.4, -0.2) is 9.97 Å². The van der Waals surface area contributed by atoms with Gasteiger partial charge in [-0.15, -0.1) is 0 Å². The molecule has 1 aromatic carbocycles. The molecule has 5 N–H and O–H groups in total. The highest BCUT2D eigenvalue weighted by Gasteiger charge is 2.04. The second kappa shape index (κ2) is 8.38. The van der Waals surface area contributed by atoms with Crippen LogP contribution in [0.25, 0.3) is 0 Å². The lowest BCUT2D eigenvalue weighted by Gasteiger charge is -2.10. The molecule has 0 saturated heterocycles. The van der Waals surface area contributed by atoms with E-state index in [2.05, 4.69) is 21.9 Å². The molecule has 0 spiro atoms. The minimum Gasteiger partial charge on any atom is -0.457 e. The van der Waals surface area contributed by atoms with Gasteiger partial charge in [0.15, 0.2) is 0 Å². The van der Waals surface area contributed by atoms with Crippen molar-refractivity contribution >= 4 is 29.1 Å². The quantitative estimate of drug-likeness (QED) is 0.315. The van der Waals surface area contributed by atoms with Crippen LogP contribution in [0.2, 0.25) is 5.15 Å². The fourth-order valence-electron chi connectivity index (χ4n) is 1.83. The molecule has 2 rings (SSSR count). The number of rotatable bonds is 6. The molecule has 2 aromatic rings. The van der Waals surface area contributed by atoms with Gasteiger partial charge in [-0.1, -0.05) is 24.2 Å². The average Bonchev–Trinajstić information content (AvgIpc) is 2.54. The normalized spacial score (nSPS) is 11.1. The Hall–Kier alpha value is -3.50. The fourth-order valence-corrected chi connectivity index (χ4v) is 2.02. The zero-order chi connectivity index (χ0) is 18.2. The number of nitrogens with one attached hydrogen (secondary N) is 1. The van der Waals surface area contributed by atoms with Crippen LogP contribution in [0.5, 0.6) is 5.75 Å². The monoisotopic (exact) mass is 354 g/mol. The van der Waals surface area contributed by atoms with E-state index in [4.69, 9.17) is 33.1 Å². The summed E-state index contributed by atoms with van der Waals surface area (Å²) >= 11 is 5.86. The molecule has 0 atom stereocenters. The van der Waals surface area contributed by atoms with Crippen molar-refractivity contribution in [3.63, 3.8) is 0 Å². The molecule has 0 aliphatic carbocycles. The van der Waals surface area contributed by atoms with E-state index >= 15 is 0 Å². The van der Waals surface area contributed by atoms with Gasteiger partial charge >= 0.3 is 0 Å². The number of hydrogen-bond acceptors (Lipinski definition) is 7. The molecular formula is C17H15ClN6O. The van der Waals surface area contributed by atoms with Crippen LogP contribution in [0.1, 0.15) is 0 Å². The summed E-state index contributed by atoms with van der Waals surface area (Å²) in [5.41, 5.74) is 11.9. The van der Waals surface area contributed by atoms with Crippen LogP contribution in [0.3, 0.4) is 0 Å². The average molecular weight is 355 g/mol. The summed E-state index contributed by atoms with van der Waals surface area (Å²) in [5.74, 6) is 1.41. The third-order valence-electron chi connectivity index (χ3n) is 2.77. The second-order valence-electron chi connectivity index (χ2n) is 4.73. The molecule has 7 nitrogen and oxygen atoms in total. The predicted molar refractivity (Wildman–Crippen MR) is 98.0 cm³/mol. The van der Waals surface area contributed by atoms with E-state index in [0.717, 1.165) is 0 Å². The fraction of sp³-hybridized carbons (Fsp3) is 0. The Morgan fingerprint density at radius 3 is 2.84 bits per heavy atom. The second-order valence-corrected chi connectivity index (χ2v) is 5.12. The van der Waals surface area contributed by atoms with E-state index in [1.165, 1.54) is 18.4 Å². The number of nitrogens with zero attached hydrogens (tertiary/aromatic N) is 3. The van der Waals surface area contributed by atoms with Crippen LogP contribution in [-0.2, 0) is 0 Å². The number of nitrogen functional groups attached to an aromatic ring is 1. The molecule has 0 radical (unpaired) electrons. The van der Waals surface area contributed by atoms with Crippen LogP contribution < -0.4 is 21.5 Å². The molecule has 126 valence electrons. The third-order valence-corrected chi connectivity index (χ3v) is 2.97. The standard InChI is InChI=1S/C17H15ClN6O/c1-11(10-20)7-14(5-6-19)25-13-4-2-3-12(8-13)22-16-9-15(18)23-17(21)24-16/h2-9H,1,19H2,(H3,21,22,23,24)/b6-5-,14-7+. The zero-order valence-electron chi connectivity index (χ0n) is 13.1. The molecule has 0 saturated carbocycles. The molecule has 1 heterocycles. The van der Waals surface area contributed by atoms with E-state index in [9.17, 15) is 0 Å². The van der Waals surface area contributed by atoms with Crippen LogP contribution in [0.4, 0.5) is 17.5 Å². The van der Waals surface area contributed by atoms with Crippen LogP contribution >= 0.6 is 11.6 Å². The first-order valence-electron chi connectivity index (χ1n) is 7.04. The summed E-state index contributed by atoms with van der Waals surface area (Å²) < 4.78 is 5.71. The smallest absolute Gasteiger partial charge is 0.223 e. The molecule has 0 unspecified atom stereocenters. The van der Waals surface area contributed by atoms with Crippen molar-refractivity contribution < 1.29 is 4.74 Å². The van der Waals surface area contributed by atoms with Gasteiger partial charge in [0.05, 0.1) is 6.07 Å². The Morgan fingerprint density at radius 1 is 1.36 bits per heavy atom. The van der Waals surface area contributed by atoms with Gasteiger partial charge in [-0.25, -0.2) is 4.98 Å². The highest BCUT2D eigenvalue weighted by atomic mass is 35.5. The topological polar surface area (TPSA) is 123 Å². The number of hydrogen-bond donors (Lipinski definition) is 3. The van der Waals surface area contributed by atoms with Crippen molar-refractivity contribution in [2.24, 2.45) is 5.73 Å². The summed E-state index contributed by atoms with van der Waals surface area (Å²) in [7, 11) is 0. The van der Waals surface area contributed by atoms with Crippen molar-refractivity contribution in [3.8, 4) is 11.8 Å². The summed E-state index contributed by atoms with van der Waals surface area (Å²) in [5, 5.41) is 12.1. The van der Waals surface area contributed by atoms with E-state index in [-0.39, 0.29) is 16.7 Å². The molecule has 8 heteroatoms. The summed E-state index contributed by atoms with van der Waals surface area (Å²) in [6, 6.07) is 10.5. The molecule has 0 bridgehead atoms. The van der Waals surface area contributed by atoms with Crippen LogP contribution in [0.15, 0.2) is 66.6 Å². The predicted octanol–water partition coefficient (Wildman–Crippen LogP) is 3.27. The first-order chi connectivity index (χ1) is 12.0. The van der Waals surface area contributed by atoms with Crippen LogP contribution in [0, 0.1) is 11.3 Å². The summed E-state index contributed by atoms with van der Waals surface area (Å²) in [4.78, 5) is 7.84. The Morgan fingerprint density at radius 2 is 2.16 bits per heavy atom.